The van der Waals surface area contributed by atoms with E-state index in [1.165, 1.54) is 0 Å². The lowest BCUT2D eigenvalue weighted by Gasteiger charge is -2.24. The summed E-state index contributed by atoms with van der Waals surface area (Å²) in [6.07, 6.45) is 4.04. The molecule has 0 bridgehead atoms. The van der Waals surface area contributed by atoms with Crippen LogP contribution < -0.4 is 10.2 Å². The van der Waals surface area contributed by atoms with Crippen molar-refractivity contribution >= 4 is 30.8 Å². The number of rotatable bonds is 3. The van der Waals surface area contributed by atoms with E-state index in [2.05, 4.69) is 15.5 Å². The minimum atomic E-state index is 0. The molecular formula is C15H23Cl2N5O. The number of hydrogen-bond acceptors (Lipinski definition) is 6. The van der Waals surface area contributed by atoms with Gasteiger partial charge >= 0.3 is 0 Å². The molecular weight excluding hydrogens is 337 g/mol. The van der Waals surface area contributed by atoms with E-state index < -0.39 is 0 Å². The highest BCUT2D eigenvalue weighted by Gasteiger charge is 2.23. The van der Waals surface area contributed by atoms with E-state index in [9.17, 15) is 0 Å². The average Bonchev–Trinajstić information content (AvgIpc) is 2.94. The minimum absolute atomic E-state index is 0. The molecule has 0 saturated carbocycles. The molecule has 0 atom stereocenters. The number of aromatic nitrogens is 3. The fourth-order valence-electron chi connectivity index (χ4n) is 2.69. The highest BCUT2D eigenvalue weighted by molar-refractivity contribution is 5.85. The van der Waals surface area contributed by atoms with Crippen LogP contribution in [0.1, 0.15) is 30.1 Å². The van der Waals surface area contributed by atoms with Crippen LogP contribution in [0.4, 0.5) is 5.95 Å². The quantitative estimate of drug-likeness (QED) is 0.908. The van der Waals surface area contributed by atoms with Gasteiger partial charge in [0.2, 0.25) is 5.95 Å². The van der Waals surface area contributed by atoms with Gasteiger partial charge in [0.25, 0.3) is 0 Å². The van der Waals surface area contributed by atoms with Crippen molar-refractivity contribution in [3.05, 3.63) is 23.7 Å². The predicted molar refractivity (Wildman–Crippen MR) is 95.9 cm³/mol. The number of nitrogens with one attached hydrogen (secondary N) is 1. The molecule has 128 valence electrons. The summed E-state index contributed by atoms with van der Waals surface area (Å²) in [5.41, 5.74) is 2.91. The number of piperidine rings is 1. The largest absolute Gasteiger partial charge is 0.356 e. The van der Waals surface area contributed by atoms with Crippen molar-refractivity contribution in [3.63, 3.8) is 0 Å². The summed E-state index contributed by atoms with van der Waals surface area (Å²) < 4.78 is 5.42. The van der Waals surface area contributed by atoms with Crippen LogP contribution in [-0.2, 0) is 0 Å². The van der Waals surface area contributed by atoms with Crippen LogP contribution in [0.2, 0.25) is 0 Å². The van der Waals surface area contributed by atoms with Gasteiger partial charge in [0.15, 0.2) is 5.76 Å². The van der Waals surface area contributed by atoms with Crippen LogP contribution in [0.25, 0.3) is 11.3 Å². The van der Waals surface area contributed by atoms with E-state index in [1.54, 1.807) is 0 Å². The Morgan fingerprint density at radius 1 is 1.22 bits per heavy atom. The first-order chi connectivity index (χ1) is 10.1. The maximum Gasteiger partial charge on any atom is 0.225 e. The van der Waals surface area contributed by atoms with Gasteiger partial charge in [-0.25, -0.2) is 9.97 Å². The van der Waals surface area contributed by atoms with Crippen molar-refractivity contribution in [1.29, 1.82) is 0 Å². The second kappa shape index (κ2) is 8.47. The summed E-state index contributed by atoms with van der Waals surface area (Å²) in [5, 5.41) is 7.38. The second-order valence-corrected chi connectivity index (χ2v) is 5.72. The van der Waals surface area contributed by atoms with Gasteiger partial charge in [-0.2, -0.15) is 0 Å². The van der Waals surface area contributed by atoms with Crippen molar-refractivity contribution in [2.75, 3.05) is 32.1 Å². The van der Waals surface area contributed by atoms with E-state index >= 15 is 0 Å². The Labute approximate surface area is 148 Å². The Morgan fingerprint density at radius 2 is 1.91 bits per heavy atom. The molecule has 0 amide bonds. The fourth-order valence-corrected chi connectivity index (χ4v) is 2.69. The number of nitrogens with zero attached hydrogens (tertiary/aromatic N) is 4. The molecule has 3 heterocycles. The zero-order chi connectivity index (χ0) is 14.8. The fraction of sp³-hybridized carbons (Fsp3) is 0.533. The maximum atomic E-state index is 5.42. The molecule has 3 rings (SSSR count). The van der Waals surface area contributed by atoms with E-state index in [0.717, 1.165) is 54.6 Å². The predicted octanol–water partition coefficient (Wildman–Crippen LogP) is 2.82. The number of halogens is 2. The average molecular weight is 360 g/mol. The van der Waals surface area contributed by atoms with E-state index in [1.807, 2.05) is 38.2 Å². The van der Waals surface area contributed by atoms with E-state index in [0.29, 0.717) is 5.92 Å². The number of hydrogen-bond donors (Lipinski definition) is 1. The third-order valence-electron chi connectivity index (χ3n) is 3.82. The molecule has 2 aromatic rings. The second-order valence-electron chi connectivity index (χ2n) is 5.72. The van der Waals surface area contributed by atoms with Crippen LogP contribution >= 0.6 is 24.8 Å². The molecule has 1 saturated heterocycles. The van der Waals surface area contributed by atoms with Gasteiger partial charge in [0.1, 0.15) is 0 Å². The van der Waals surface area contributed by atoms with Crippen molar-refractivity contribution in [2.45, 2.75) is 25.7 Å². The molecule has 0 unspecified atom stereocenters. The zero-order valence-electron chi connectivity index (χ0n) is 13.6. The normalized spacial score (nSPS) is 14.7. The summed E-state index contributed by atoms with van der Waals surface area (Å²) in [7, 11) is 3.92. The topological polar surface area (TPSA) is 67.1 Å². The van der Waals surface area contributed by atoms with Gasteiger partial charge in [-0.15, -0.1) is 24.8 Å². The van der Waals surface area contributed by atoms with Gasteiger partial charge in [-0.05, 0) is 32.9 Å². The lowest BCUT2D eigenvalue weighted by molar-refractivity contribution is 0.422. The molecule has 0 aromatic carbocycles. The molecule has 2 aromatic heterocycles. The zero-order valence-corrected chi connectivity index (χ0v) is 15.2. The van der Waals surface area contributed by atoms with Gasteiger partial charge in [0.05, 0.1) is 17.0 Å². The van der Waals surface area contributed by atoms with Crippen molar-refractivity contribution in [3.8, 4) is 11.3 Å². The standard InChI is InChI=1S/C15H21N5O.2ClH/c1-10-8-13(21-19-10)12-9-17-15(20(2)3)18-14(12)11-4-6-16-7-5-11;;/h8-9,11,16H,4-7H2,1-3H3;2*1H. The lowest BCUT2D eigenvalue weighted by Crippen LogP contribution is -2.27. The Balaban J connectivity index is 0.00000132. The van der Waals surface area contributed by atoms with Crippen LogP contribution in [0.3, 0.4) is 0 Å². The van der Waals surface area contributed by atoms with Crippen LogP contribution in [0.15, 0.2) is 16.8 Å². The smallest absolute Gasteiger partial charge is 0.225 e. The van der Waals surface area contributed by atoms with Gasteiger partial charge < -0.3 is 14.7 Å². The summed E-state index contributed by atoms with van der Waals surface area (Å²) in [4.78, 5) is 11.1. The minimum Gasteiger partial charge on any atom is -0.356 e. The summed E-state index contributed by atoms with van der Waals surface area (Å²) in [6.45, 7) is 3.98. The van der Waals surface area contributed by atoms with Gasteiger partial charge in [-0.3, -0.25) is 0 Å². The maximum absolute atomic E-state index is 5.42. The third kappa shape index (κ3) is 4.34. The van der Waals surface area contributed by atoms with Crippen LogP contribution in [0.5, 0.6) is 0 Å². The highest BCUT2D eigenvalue weighted by Crippen LogP contribution is 2.33. The molecule has 1 aliphatic rings. The summed E-state index contributed by atoms with van der Waals surface area (Å²) >= 11 is 0. The first-order valence-corrected chi connectivity index (χ1v) is 7.34. The molecule has 23 heavy (non-hydrogen) atoms. The lowest BCUT2D eigenvalue weighted by atomic mass is 9.91. The van der Waals surface area contributed by atoms with E-state index in [-0.39, 0.29) is 24.8 Å². The molecule has 0 radical (unpaired) electrons. The third-order valence-corrected chi connectivity index (χ3v) is 3.82. The molecule has 6 nitrogen and oxygen atoms in total. The Kier molecular flexibility index (Phi) is 7.25. The summed E-state index contributed by atoms with van der Waals surface area (Å²) in [6, 6.07) is 1.94. The number of aryl methyl sites for hydroxylation is 1. The first-order valence-electron chi connectivity index (χ1n) is 7.34. The molecule has 1 N–H and O–H groups in total. The van der Waals surface area contributed by atoms with Crippen LogP contribution in [-0.4, -0.2) is 42.3 Å². The first kappa shape index (κ1) is 19.7. The summed E-state index contributed by atoms with van der Waals surface area (Å²) in [5.74, 6) is 1.93. The van der Waals surface area contributed by atoms with Crippen molar-refractivity contribution in [1.82, 2.24) is 20.4 Å². The molecule has 0 spiro atoms. The monoisotopic (exact) mass is 359 g/mol. The Bertz CT molecular complexity index is 626. The molecule has 1 aliphatic heterocycles. The Morgan fingerprint density at radius 3 is 2.48 bits per heavy atom. The van der Waals surface area contributed by atoms with E-state index in [4.69, 9.17) is 9.51 Å². The van der Waals surface area contributed by atoms with Gasteiger partial charge in [0, 0.05) is 32.3 Å². The SMILES string of the molecule is Cc1cc(-c2cnc(N(C)C)nc2C2CCNCC2)on1.Cl.Cl. The van der Waals surface area contributed by atoms with Crippen molar-refractivity contribution < 1.29 is 4.52 Å². The molecule has 1 fully saturated rings. The molecule has 0 aliphatic carbocycles. The number of anilines is 1. The van der Waals surface area contributed by atoms with Crippen molar-refractivity contribution in [2.24, 2.45) is 0 Å². The highest BCUT2D eigenvalue weighted by atomic mass is 35.5. The van der Waals surface area contributed by atoms with Gasteiger partial charge in [-0.1, -0.05) is 5.16 Å². The Hall–Kier alpha value is -1.37. The molecule has 8 heteroatoms. The van der Waals surface area contributed by atoms with Crippen LogP contribution in [0, 0.1) is 6.92 Å².